The Morgan fingerprint density at radius 1 is 1.34 bits per heavy atom. The van der Waals surface area contributed by atoms with Crippen LogP contribution >= 0.6 is 22.9 Å². The molecule has 1 N–H and O–H groups in total. The van der Waals surface area contributed by atoms with Crippen LogP contribution in [0.15, 0.2) is 29.7 Å². The molecule has 1 aromatic carbocycles. The quantitative estimate of drug-likeness (QED) is 0.533. The van der Waals surface area contributed by atoms with Gasteiger partial charge in [0.05, 0.1) is 18.7 Å². The van der Waals surface area contributed by atoms with Crippen molar-refractivity contribution in [1.82, 2.24) is 10.2 Å². The highest BCUT2D eigenvalue weighted by molar-refractivity contribution is 7.10. The molecule has 2 aromatic rings. The highest BCUT2D eigenvalue weighted by Gasteiger charge is 2.28. The maximum Gasteiger partial charge on any atom is 0.245 e. The minimum absolute atomic E-state index is 0.0313. The minimum atomic E-state index is -0.546. The number of benzene rings is 1. The zero-order valence-electron chi connectivity index (χ0n) is 18.7. The van der Waals surface area contributed by atoms with Crippen molar-refractivity contribution in [1.29, 1.82) is 0 Å². The van der Waals surface area contributed by atoms with Crippen LogP contribution in [0.25, 0.3) is 6.08 Å². The SMILES string of the molecule is CCCC(NC(=O)C=Cc1cc(Cl)c(OCC)c(OC)c1)C(=O)N1CCc2sccc2C1. The highest BCUT2D eigenvalue weighted by Crippen LogP contribution is 2.36. The summed E-state index contributed by atoms with van der Waals surface area (Å²) in [5.41, 5.74) is 1.90. The standard InChI is InChI=1S/C24H29ClN2O4S/c1-4-6-19(24(29)27-11-9-21-17(15-27)10-12-32-21)26-22(28)8-7-16-13-18(25)23(31-5-2)20(14-16)30-3/h7-8,10,12-14,19H,4-6,9,11,15H2,1-3H3,(H,26,28). The molecule has 0 aliphatic carbocycles. The number of methoxy groups -OCH3 is 1. The summed E-state index contributed by atoms with van der Waals surface area (Å²) in [6.45, 7) is 5.62. The first kappa shape index (κ1) is 24.1. The van der Waals surface area contributed by atoms with Crippen molar-refractivity contribution in [2.24, 2.45) is 0 Å². The molecular weight excluding hydrogens is 448 g/mol. The van der Waals surface area contributed by atoms with Crippen LogP contribution in [0, 0.1) is 0 Å². The topological polar surface area (TPSA) is 67.9 Å². The molecule has 6 nitrogen and oxygen atoms in total. The first-order chi connectivity index (χ1) is 15.5. The fourth-order valence-electron chi connectivity index (χ4n) is 3.72. The van der Waals surface area contributed by atoms with Gasteiger partial charge in [0, 0.05) is 24.0 Å². The van der Waals surface area contributed by atoms with Crippen molar-refractivity contribution in [3.05, 3.63) is 50.7 Å². The van der Waals surface area contributed by atoms with Crippen LogP contribution in [0.4, 0.5) is 0 Å². The lowest BCUT2D eigenvalue weighted by molar-refractivity contribution is -0.136. The summed E-state index contributed by atoms with van der Waals surface area (Å²) in [6.07, 6.45) is 5.31. The molecule has 32 heavy (non-hydrogen) atoms. The van der Waals surface area contributed by atoms with Crippen molar-refractivity contribution in [2.45, 2.75) is 45.7 Å². The molecular formula is C24H29ClN2O4S. The lowest BCUT2D eigenvalue weighted by Crippen LogP contribution is -2.49. The van der Waals surface area contributed by atoms with Gasteiger partial charge in [-0.3, -0.25) is 9.59 Å². The second kappa shape index (κ2) is 11.4. The molecule has 3 rings (SSSR count). The first-order valence-corrected chi connectivity index (χ1v) is 12.1. The van der Waals surface area contributed by atoms with Gasteiger partial charge in [0.15, 0.2) is 11.5 Å². The van der Waals surface area contributed by atoms with Crippen molar-refractivity contribution < 1.29 is 19.1 Å². The van der Waals surface area contributed by atoms with E-state index in [0.29, 0.717) is 48.2 Å². The third kappa shape index (κ3) is 5.84. The number of nitrogens with one attached hydrogen (secondary N) is 1. The number of ether oxygens (including phenoxy) is 2. The molecule has 0 saturated heterocycles. The van der Waals surface area contributed by atoms with Gasteiger partial charge in [-0.1, -0.05) is 24.9 Å². The van der Waals surface area contributed by atoms with E-state index in [-0.39, 0.29) is 11.8 Å². The molecule has 0 bridgehead atoms. The average molecular weight is 477 g/mol. The van der Waals surface area contributed by atoms with Crippen LogP contribution in [-0.2, 0) is 22.6 Å². The number of carbonyl (C=O) groups is 2. The highest BCUT2D eigenvalue weighted by atomic mass is 35.5. The monoisotopic (exact) mass is 476 g/mol. The van der Waals surface area contributed by atoms with E-state index < -0.39 is 6.04 Å². The van der Waals surface area contributed by atoms with Gasteiger partial charge >= 0.3 is 0 Å². The molecule has 172 valence electrons. The smallest absolute Gasteiger partial charge is 0.245 e. The second-order valence-electron chi connectivity index (χ2n) is 7.53. The molecule has 0 saturated carbocycles. The Hall–Kier alpha value is -2.51. The first-order valence-electron chi connectivity index (χ1n) is 10.8. The number of hydrogen-bond donors (Lipinski definition) is 1. The molecule has 8 heteroatoms. The van der Waals surface area contributed by atoms with Crippen molar-refractivity contribution in [2.75, 3.05) is 20.3 Å². The van der Waals surface area contributed by atoms with E-state index in [0.717, 1.165) is 12.8 Å². The van der Waals surface area contributed by atoms with Crippen molar-refractivity contribution in [3.63, 3.8) is 0 Å². The predicted octanol–water partition coefficient (Wildman–Crippen LogP) is 4.69. The van der Waals surface area contributed by atoms with E-state index in [9.17, 15) is 9.59 Å². The maximum absolute atomic E-state index is 13.1. The lowest BCUT2D eigenvalue weighted by Gasteiger charge is -2.30. The molecule has 2 amide bonds. The Balaban J connectivity index is 1.67. The number of carbonyl (C=O) groups excluding carboxylic acids is 2. The molecule has 1 aliphatic rings. The number of hydrogen-bond acceptors (Lipinski definition) is 5. The third-order valence-corrected chi connectivity index (χ3v) is 6.58. The van der Waals surface area contributed by atoms with Gasteiger partial charge in [0.1, 0.15) is 6.04 Å². The normalized spacial score (nSPS) is 14.2. The Morgan fingerprint density at radius 3 is 2.88 bits per heavy atom. The van der Waals surface area contributed by atoms with Gasteiger partial charge in [0.2, 0.25) is 11.8 Å². The van der Waals surface area contributed by atoms with Gasteiger partial charge < -0.3 is 19.7 Å². The lowest BCUT2D eigenvalue weighted by atomic mass is 10.1. The Bertz CT molecular complexity index is 988. The van der Waals surface area contributed by atoms with Crippen molar-refractivity contribution in [3.8, 4) is 11.5 Å². The number of halogens is 1. The van der Waals surface area contributed by atoms with Crippen LogP contribution in [-0.4, -0.2) is 43.0 Å². The summed E-state index contributed by atoms with van der Waals surface area (Å²) in [5, 5.41) is 5.35. The Labute approximate surface area is 198 Å². The number of nitrogens with zero attached hydrogens (tertiary/aromatic N) is 1. The summed E-state index contributed by atoms with van der Waals surface area (Å²) >= 11 is 8.04. The van der Waals surface area contributed by atoms with E-state index in [1.165, 1.54) is 23.6 Å². The molecule has 0 radical (unpaired) electrons. The van der Waals surface area contributed by atoms with Gasteiger partial charge in [-0.25, -0.2) is 0 Å². The average Bonchev–Trinajstić information content (AvgIpc) is 3.26. The molecule has 1 unspecified atom stereocenters. The molecule has 1 atom stereocenters. The zero-order chi connectivity index (χ0) is 23.1. The number of amides is 2. The summed E-state index contributed by atoms with van der Waals surface area (Å²) in [6, 6.07) is 4.99. The van der Waals surface area contributed by atoms with Crippen LogP contribution in [0.5, 0.6) is 11.5 Å². The van der Waals surface area contributed by atoms with Crippen LogP contribution < -0.4 is 14.8 Å². The van der Waals surface area contributed by atoms with E-state index >= 15 is 0 Å². The maximum atomic E-state index is 13.1. The van der Waals surface area contributed by atoms with Crippen molar-refractivity contribution >= 4 is 40.8 Å². The molecule has 2 heterocycles. The summed E-state index contributed by atoms with van der Waals surface area (Å²) < 4.78 is 10.9. The third-order valence-electron chi connectivity index (χ3n) is 5.28. The molecule has 0 spiro atoms. The molecule has 1 aromatic heterocycles. The van der Waals surface area contributed by atoms with E-state index in [1.54, 1.807) is 29.5 Å². The zero-order valence-corrected chi connectivity index (χ0v) is 20.2. The largest absolute Gasteiger partial charge is 0.493 e. The summed E-state index contributed by atoms with van der Waals surface area (Å²) in [4.78, 5) is 28.9. The van der Waals surface area contributed by atoms with Gasteiger partial charge in [-0.15, -0.1) is 11.3 Å². The fraction of sp³-hybridized carbons (Fsp3) is 0.417. The second-order valence-corrected chi connectivity index (χ2v) is 8.94. The molecule has 1 aliphatic heterocycles. The minimum Gasteiger partial charge on any atom is -0.493 e. The fourth-order valence-corrected chi connectivity index (χ4v) is 4.88. The van der Waals surface area contributed by atoms with E-state index in [1.807, 2.05) is 18.7 Å². The number of thiophene rings is 1. The van der Waals surface area contributed by atoms with Crippen LogP contribution in [0.1, 0.15) is 42.7 Å². The molecule has 0 fully saturated rings. The number of rotatable bonds is 9. The Kier molecular flexibility index (Phi) is 8.59. The summed E-state index contributed by atoms with van der Waals surface area (Å²) in [5.74, 6) is 0.615. The van der Waals surface area contributed by atoms with Crippen LogP contribution in [0.2, 0.25) is 5.02 Å². The van der Waals surface area contributed by atoms with E-state index in [2.05, 4.69) is 16.8 Å². The summed E-state index contributed by atoms with van der Waals surface area (Å²) in [7, 11) is 1.54. The number of fused-ring (bicyclic) bond motifs is 1. The van der Waals surface area contributed by atoms with Crippen LogP contribution in [0.3, 0.4) is 0 Å². The Morgan fingerprint density at radius 2 is 2.16 bits per heavy atom. The van der Waals surface area contributed by atoms with Gasteiger partial charge in [-0.05, 0) is 60.5 Å². The predicted molar refractivity (Wildman–Crippen MR) is 128 cm³/mol. The van der Waals surface area contributed by atoms with E-state index in [4.69, 9.17) is 21.1 Å². The van der Waals surface area contributed by atoms with Gasteiger partial charge in [0.25, 0.3) is 0 Å². The van der Waals surface area contributed by atoms with Gasteiger partial charge in [-0.2, -0.15) is 0 Å².